The van der Waals surface area contributed by atoms with E-state index in [0.717, 1.165) is 24.2 Å². The molecule has 4 heteroatoms. The molecule has 1 aliphatic heterocycles. The average molecular weight is 262 g/mol. The van der Waals surface area contributed by atoms with Gasteiger partial charge in [-0.2, -0.15) is 0 Å². The molecule has 4 nitrogen and oxygen atoms in total. The van der Waals surface area contributed by atoms with Crippen LogP contribution in [0.5, 0.6) is 0 Å². The van der Waals surface area contributed by atoms with E-state index in [9.17, 15) is 9.90 Å². The molecule has 104 valence electrons. The van der Waals surface area contributed by atoms with Crippen molar-refractivity contribution < 1.29 is 9.90 Å². The van der Waals surface area contributed by atoms with Gasteiger partial charge in [0.05, 0.1) is 6.61 Å². The number of hydrogen-bond acceptors (Lipinski definition) is 3. The molecule has 2 rings (SSSR count). The third-order valence-corrected chi connectivity index (χ3v) is 3.88. The van der Waals surface area contributed by atoms with Gasteiger partial charge in [-0.25, -0.2) is 0 Å². The number of amides is 1. The Hall–Kier alpha value is -1.55. The second kappa shape index (κ2) is 5.61. The number of nitrogens with zero attached hydrogens (tertiary/aromatic N) is 2. The molecule has 1 aliphatic rings. The standard InChI is InChI=1S/C15H22N2O2/c1-4-12-7-5-6-11(2)14(12)17-9-8-16(3)15(19)13(17)10-18/h5-7,13,18H,4,8-10H2,1-3H3. The van der Waals surface area contributed by atoms with E-state index in [2.05, 4.69) is 30.9 Å². The number of rotatable bonds is 3. The Balaban J connectivity index is 2.43. The van der Waals surface area contributed by atoms with Crippen LogP contribution < -0.4 is 4.90 Å². The van der Waals surface area contributed by atoms with E-state index >= 15 is 0 Å². The van der Waals surface area contributed by atoms with Crippen LogP contribution >= 0.6 is 0 Å². The van der Waals surface area contributed by atoms with Crippen LogP contribution in [0.15, 0.2) is 18.2 Å². The summed E-state index contributed by atoms with van der Waals surface area (Å²) in [5.41, 5.74) is 3.51. The van der Waals surface area contributed by atoms with Crippen molar-refractivity contribution in [3.8, 4) is 0 Å². The summed E-state index contributed by atoms with van der Waals surface area (Å²) in [5, 5.41) is 9.58. The number of anilines is 1. The van der Waals surface area contributed by atoms with Gasteiger partial charge in [-0.3, -0.25) is 4.79 Å². The molecular weight excluding hydrogens is 240 g/mol. The van der Waals surface area contributed by atoms with E-state index in [1.54, 1.807) is 11.9 Å². The maximum Gasteiger partial charge on any atom is 0.247 e. The van der Waals surface area contributed by atoms with Gasteiger partial charge in [-0.05, 0) is 24.5 Å². The number of hydrogen-bond donors (Lipinski definition) is 1. The maximum absolute atomic E-state index is 12.2. The molecular formula is C15H22N2O2. The Morgan fingerprint density at radius 1 is 1.37 bits per heavy atom. The first-order valence-corrected chi connectivity index (χ1v) is 6.81. The van der Waals surface area contributed by atoms with Crippen molar-refractivity contribution in [2.45, 2.75) is 26.3 Å². The fourth-order valence-corrected chi connectivity index (χ4v) is 2.77. The van der Waals surface area contributed by atoms with Crippen molar-refractivity contribution in [1.29, 1.82) is 0 Å². The van der Waals surface area contributed by atoms with Gasteiger partial charge in [0.25, 0.3) is 0 Å². The largest absolute Gasteiger partial charge is 0.394 e. The molecule has 0 bridgehead atoms. The molecule has 1 aromatic rings. The zero-order valence-corrected chi connectivity index (χ0v) is 11.9. The Kier molecular flexibility index (Phi) is 4.10. The lowest BCUT2D eigenvalue weighted by Crippen LogP contribution is -2.57. The van der Waals surface area contributed by atoms with Gasteiger partial charge in [-0.15, -0.1) is 0 Å². The Morgan fingerprint density at radius 3 is 2.74 bits per heavy atom. The van der Waals surface area contributed by atoms with Crippen LogP contribution in [0.2, 0.25) is 0 Å². The number of benzene rings is 1. The SMILES string of the molecule is CCc1cccc(C)c1N1CCN(C)C(=O)C1CO. The number of piperazine rings is 1. The predicted octanol–water partition coefficient (Wildman–Crippen LogP) is 1.20. The first-order chi connectivity index (χ1) is 9.10. The number of carbonyl (C=O) groups is 1. The van der Waals surface area contributed by atoms with Crippen LogP contribution in [0.25, 0.3) is 0 Å². The second-order valence-corrected chi connectivity index (χ2v) is 5.09. The first-order valence-electron chi connectivity index (χ1n) is 6.81. The Labute approximate surface area is 114 Å². The van der Waals surface area contributed by atoms with Crippen molar-refractivity contribution >= 4 is 11.6 Å². The van der Waals surface area contributed by atoms with Crippen LogP contribution in [-0.4, -0.2) is 48.7 Å². The minimum absolute atomic E-state index is 0.000874. The van der Waals surface area contributed by atoms with E-state index in [4.69, 9.17) is 0 Å². The minimum atomic E-state index is -0.454. The van der Waals surface area contributed by atoms with E-state index in [0.29, 0.717) is 6.54 Å². The number of aryl methyl sites for hydroxylation is 2. The second-order valence-electron chi connectivity index (χ2n) is 5.09. The van der Waals surface area contributed by atoms with Crippen molar-refractivity contribution in [1.82, 2.24) is 4.90 Å². The topological polar surface area (TPSA) is 43.8 Å². The lowest BCUT2D eigenvalue weighted by atomic mass is 10.0. The first kappa shape index (κ1) is 13.9. The summed E-state index contributed by atoms with van der Waals surface area (Å²) in [6, 6.07) is 5.75. The fourth-order valence-electron chi connectivity index (χ4n) is 2.77. The van der Waals surface area contributed by atoms with E-state index < -0.39 is 6.04 Å². The zero-order chi connectivity index (χ0) is 14.0. The van der Waals surface area contributed by atoms with E-state index in [1.165, 1.54) is 5.56 Å². The van der Waals surface area contributed by atoms with Crippen molar-refractivity contribution in [2.24, 2.45) is 0 Å². The van der Waals surface area contributed by atoms with Gasteiger partial charge in [-0.1, -0.05) is 25.1 Å². The Morgan fingerprint density at radius 2 is 2.11 bits per heavy atom. The molecule has 1 fully saturated rings. The number of para-hydroxylation sites is 1. The minimum Gasteiger partial charge on any atom is -0.394 e. The zero-order valence-electron chi connectivity index (χ0n) is 11.9. The third kappa shape index (κ3) is 2.45. The van der Waals surface area contributed by atoms with Crippen LogP contribution in [-0.2, 0) is 11.2 Å². The van der Waals surface area contributed by atoms with E-state index in [-0.39, 0.29) is 12.5 Å². The summed E-state index contributed by atoms with van der Waals surface area (Å²) in [4.78, 5) is 15.9. The molecule has 1 heterocycles. The molecule has 1 amide bonds. The molecule has 0 radical (unpaired) electrons. The summed E-state index contributed by atoms with van der Waals surface area (Å²) in [5.74, 6) is -0.000874. The average Bonchev–Trinajstić information content (AvgIpc) is 2.41. The van der Waals surface area contributed by atoms with Crippen molar-refractivity contribution in [3.63, 3.8) is 0 Å². The monoisotopic (exact) mass is 262 g/mol. The van der Waals surface area contributed by atoms with Crippen LogP contribution in [0.1, 0.15) is 18.1 Å². The number of aliphatic hydroxyl groups is 1. The summed E-state index contributed by atoms with van der Waals surface area (Å²) in [7, 11) is 1.79. The molecule has 1 aromatic carbocycles. The highest BCUT2D eigenvalue weighted by Crippen LogP contribution is 2.29. The van der Waals surface area contributed by atoms with Gasteiger partial charge in [0.1, 0.15) is 6.04 Å². The van der Waals surface area contributed by atoms with Gasteiger partial charge in [0, 0.05) is 25.8 Å². The van der Waals surface area contributed by atoms with Crippen molar-refractivity contribution in [3.05, 3.63) is 29.3 Å². The van der Waals surface area contributed by atoms with E-state index in [1.807, 2.05) is 6.07 Å². The Bertz CT molecular complexity index is 473. The highest BCUT2D eigenvalue weighted by Gasteiger charge is 2.33. The van der Waals surface area contributed by atoms with Gasteiger partial charge >= 0.3 is 0 Å². The van der Waals surface area contributed by atoms with Gasteiger partial charge in [0.2, 0.25) is 5.91 Å². The molecule has 0 spiro atoms. The van der Waals surface area contributed by atoms with Crippen molar-refractivity contribution in [2.75, 3.05) is 31.6 Å². The number of carbonyl (C=O) groups excluding carboxylic acids is 1. The summed E-state index contributed by atoms with van der Waals surface area (Å²) >= 11 is 0. The molecule has 1 N–H and O–H groups in total. The molecule has 0 aliphatic carbocycles. The van der Waals surface area contributed by atoms with Gasteiger partial charge in [0.15, 0.2) is 0 Å². The summed E-state index contributed by atoms with van der Waals surface area (Å²) in [6.07, 6.45) is 0.926. The molecule has 1 atom stereocenters. The third-order valence-electron chi connectivity index (χ3n) is 3.88. The number of likely N-dealkylation sites (N-methyl/N-ethyl adjacent to an activating group) is 1. The molecule has 19 heavy (non-hydrogen) atoms. The quantitative estimate of drug-likeness (QED) is 0.890. The lowest BCUT2D eigenvalue weighted by molar-refractivity contribution is -0.133. The smallest absolute Gasteiger partial charge is 0.247 e. The summed E-state index contributed by atoms with van der Waals surface area (Å²) in [6.45, 7) is 5.51. The normalized spacial score (nSPS) is 20.0. The lowest BCUT2D eigenvalue weighted by Gasteiger charge is -2.41. The molecule has 0 saturated carbocycles. The van der Waals surface area contributed by atoms with Gasteiger partial charge < -0.3 is 14.9 Å². The molecule has 1 saturated heterocycles. The molecule has 0 aromatic heterocycles. The van der Waals surface area contributed by atoms with Crippen LogP contribution in [0, 0.1) is 6.92 Å². The highest BCUT2D eigenvalue weighted by atomic mass is 16.3. The number of aliphatic hydroxyl groups excluding tert-OH is 1. The highest BCUT2D eigenvalue weighted by molar-refractivity contribution is 5.87. The van der Waals surface area contributed by atoms with Crippen LogP contribution in [0.3, 0.4) is 0 Å². The summed E-state index contributed by atoms with van der Waals surface area (Å²) < 4.78 is 0. The van der Waals surface area contributed by atoms with Crippen LogP contribution in [0.4, 0.5) is 5.69 Å². The predicted molar refractivity (Wildman–Crippen MR) is 76.4 cm³/mol. The maximum atomic E-state index is 12.2. The molecule has 1 unspecified atom stereocenters. The fraction of sp³-hybridized carbons (Fsp3) is 0.533.